The minimum Gasteiger partial charge on any atom is -0.511 e. The van der Waals surface area contributed by atoms with E-state index >= 15 is 0 Å². The molecule has 0 aliphatic rings. The van der Waals surface area contributed by atoms with Crippen LogP contribution in [0.25, 0.3) is 93.0 Å². The summed E-state index contributed by atoms with van der Waals surface area (Å²) in [5, 5.41) is 6.94. The predicted octanol–water partition coefficient (Wildman–Crippen LogP) is 12.6. The van der Waals surface area contributed by atoms with Crippen LogP contribution in [0.1, 0.15) is 26.3 Å². The maximum Gasteiger partial charge on any atom is 0.268 e. The standard InChI is InChI=1S/C53H34N6O.Pt/c1-53(2,3)33-23-24-55-51(25-33)58-45-16-8-5-13-39(45)42-22-21-37(31-50(42)58)60-38-27-34(54-4)26-35(28-38)56-32-57(49-20-12-11-19-48(49)56)36-29-43-40-14-6-9-17-46(40)59-47-18-10-7-15-41(47)44(30-36)52(43)59;/h5-27,29-30H,1-3H3;/q-2;. The maximum absolute atomic E-state index is 8.08. The summed E-state index contributed by atoms with van der Waals surface area (Å²) in [4.78, 5) is 8.69. The van der Waals surface area contributed by atoms with E-state index in [-0.39, 0.29) is 26.5 Å². The van der Waals surface area contributed by atoms with Crippen molar-refractivity contribution >= 4 is 76.6 Å². The Morgan fingerprint density at radius 1 is 0.639 bits per heavy atom. The summed E-state index contributed by atoms with van der Waals surface area (Å²) in [6.45, 7) is 14.7. The molecular formula is C53H34N6OPt-2. The van der Waals surface area contributed by atoms with Crippen LogP contribution in [0, 0.1) is 25.0 Å². The predicted molar refractivity (Wildman–Crippen MR) is 240 cm³/mol. The summed E-state index contributed by atoms with van der Waals surface area (Å²) in [5.74, 6) is 1.73. The van der Waals surface area contributed by atoms with Gasteiger partial charge in [0.2, 0.25) is 0 Å². The van der Waals surface area contributed by atoms with Crippen molar-refractivity contribution in [3.05, 3.63) is 187 Å². The Kier molecular flexibility index (Phi) is 8.23. The number of fused-ring (bicyclic) bond motifs is 10. The molecule has 5 aromatic heterocycles. The normalized spacial score (nSPS) is 12.0. The third kappa shape index (κ3) is 5.60. The molecule has 0 amide bonds. The first-order valence-electron chi connectivity index (χ1n) is 20.0. The zero-order chi connectivity index (χ0) is 40.3. The van der Waals surface area contributed by atoms with Gasteiger partial charge in [0.25, 0.3) is 6.33 Å². The molecule has 0 bridgehead atoms. The zero-order valence-electron chi connectivity index (χ0n) is 33.3. The summed E-state index contributed by atoms with van der Waals surface area (Å²) in [6.07, 6.45) is 5.54. The van der Waals surface area contributed by atoms with Gasteiger partial charge in [0.05, 0.1) is 45.5 Å². The van der Waals surface area contributed by atoms with E-state index in [1.807, 2.05) is 41.1 Å². The fourth-order valence-electron chi connectivity index (χ4n) is 9.05. The molecule has 0 saturated heterocycles. The van der Waals surface area contributed by atoms with Gasteiger partial charge in [0, 0.05) is 60.1 Å². The topological polar surface area (TPSA) is 44.6 Å². The van der Waals surface area contributed by atoms with Crippen LogP contribution in [0.4, 0.5) is 5.69 Å². The Bertz CT molecular complexity index is 3680. The second kappa shape index (κ2) is 13.6. The van der Waals surface area contributed by atoms with Gasteiger partial charge in [-0.05, 0) is 64.6 Å². The summed E-state index contributed by atoms with van der Waals surface area (Å²) < 4.78 is 15.2. The average Bonchev–Trinajstić information content (AvgIpc) is 4.02. The molecule has 0 unspecified atom stereocenters. The van der Waals surface area contributed by atoms with Crippen molar-refractivity contribution in [3.63, 3.8) is 0 Å². The van der Waals surface area contributed by atoms with E-state index in [1.165, 1.54) is 43.7 Å². The molecule has 12 aromatic rings. The first kappa shape index (κ1) is 36.8. The number of ether oxygens (including phenoxy) is 1. The van der Waals surface area contributed by atoms with Gasteiger partial charge in [-0.25, -0.2) is 4.98 Å². The van der Waals surface area contributed by atoms with Crippen LogP contribution < -0.4 is 9.30 Å². The summed E-state index contributed by atoms with van der Waals surface area (Å²) in [7, 11) is 0. The number of hydrogen-bond acceptors (Lipinski definition) is 2. The van der Waals surface area contributed by atoms with E-state index in [0.717, 1.165) is 44.3 Å². The van der Waals surface area contributed by atoms with E-state index < -0.39 is 0 Å². The monoisotopic (exact) mass is 965 g/mol. The number of imidazole rings is 1. The summed E-state index contributed by atoms with van der Waals surface area (Å²) >= 11 is 0. The van der Waals surface area contributed by atoms with Crippen LogP contribution in [0.15, 0.2) is 152 Å². The summed E-state index contributed by atoms with van der Waals surface area (Å²) in [5.41, 5.74) is 10.6. The van der Waals surface area contributed by atoms with Gasteiger partial charge in [0.15, 0.2) is 0 Å². The number of para-hydroxylation sites is 5. The van der Waals surface area contributed by atoms with Gasteiger partial charge in [-0.1, -0.05) is 111 Å². The first-order valence-corrected chi connectivity index (χ1v) is 20.0. The Labute approximate surface area is 365 Å². The van der Waals surface area contributed by atoms with E-state index in [4.69, 9.17) is 16.3 Å². The maximum atomic E-state index is 8.08. The van der Waals surface area contributed by atoms with Gasteiger partial charge in [-0.2, -0.15) is 12.1 Å². The molecule has 12 rings (SSSR count). The molecule has 7 aromatic carbocycles. The number of hydrogen-bond donors (Lipinski definition) is 0. The Balaban J connectivity index is 0.00000420. The molecular weight excluding hydrogens is 932 g/mol. The van der Waals surface area contributed by atoms with Gasteiger partial charge in [0.1, 0.15) is 5.82 Å². The van der Waals surface area contributed by atoms with E-state index in [9.17, 15) is 0 Å². The van der Waals surface area contributed by atoms with Crippen molar-refractivity contribution in [1.82, 2.24) is 18.5 Å². The van der Waals surface area contributed by atoms with Crippen LogP contribution in [0.3, 0.4) is 0 Å². The molecule has 0 aliphatic carbocycles. The van der Waals surface area contributed by atoms with Crippen molar-refractivity contribution in [3.8, 4) is 28.7 Å². The number of pyridine rings is 1. The zero-order valence-corrected chi connectivity index (χ0v) is 35.6. The fraction of sp³-hybridized carbons (Fsp3) is 0.0755. The Morgan fingerprint density at radius 3 is 1.97 bits per heavy atom. The molecule has 0 aliphatic heterocycles. The molecule has 7 nitrogen and oxygen atoms in total. The van der Waals surface area contributed by atoms with Gasteiger partial charge < -0.3 is 18.3 Å². The third-order valence-corrected chi connectivity index (χ3v) is 11.8. The van der Waals surface area contributed by atoms with Crippen molar-refractivity contribution in [2.75, 3.05) is 0 Å². The van der Waals surface area contributed by atoms with Crippen LogP contribution in [-0.2, 0) is 26.5 Å². The SMILES string of the molecule is [C-]#[N+]c1cc(Oc2[c-]c3c(cc2)c2ccccc2n3-c2cc(C(C)(C)C)ccn2)[c-]c(-n2[c-][n+](-c3cc4c5ccccc5n5c6ccccc6c(c3)c45)c3ccccc32)c1.[Pt]. The van der Waals surface area contributed by atoms with Crippen LogP contribution in [0.2, 0.25) is 0 Å². The second-order valence-electron chi connectivity index (χ2n) is 16.4. The molecule has 61 heavy (non-hydrogen) atoms. The quantitative estimate of drug-likeness (QED) is 0.127. The van der Waals surface area contributed by atoms with Crippen LogP contribution >= 0.6 is 0 Å². The van der Waals surface area contributed by atoms with E-state index in [0.29, 0.717) is 22.9 Å². The van der Waals surface area contributed by atoms with Crippen molar-refractivity contribution in [2.45, 2.75) is 26.2 Å². The molecule has 5 heterocycles. The van der Waals surface area contributed by atoms with E-state index in [2.05, 4.69) is 167 Å². The van der Waals surface area contributed by atoms with Crippen molar-refractivity contribution in [2.24, 2.45) is 0 Å². The summed E-state index contributed by atoms with van der Waals surface area (Å²) in [6, 6.07) is 57.2. The van der Waals surface area contributed by atoms with Crippen molar-refractivity contribution < 1.29 is 30.4 Å². The second-order valence-corrected chi connectivity index (χ2v) is 16.4. The van der Waals surface area contributed by atoms with Gasteiger partial charge >= 0.3 is 0 Å². The molecule has 8 heteroatoms. The number of aromatic nitrogens is 5. The smallest absolute Gasteiger partial charge is 0.268 e. The van der Waals surface area contributed by atoms with Crippen LogP contribution in [0.5, 0.6) is 11.5 Å². The largest absolute Gasteiger partial charge is 0.511 e. The molecule has 0 radical (unpaired) electrons. The number of nitrogens with zero attached hydrogens (tertiary/aromatic N) is 6. The van der Waals surface area contributed by atoms with E-state index in [1.54, 1.807) is 6.07 Å². The van der Waals surface area contributed by atoms with Crippen LogP contribution in [-0.4, -0.2) is 18.5 Å². The van der Waals surface area contributed by atoms with Gasteiger partial charge in [-0.3, -0.25) is 9.41 Å². The molecule has 294 valence electrons. The average molecular weight is 966 g/mol. The minimum absolute atomic E-state index is 0. The Hall–Kier alpha value is -7.26. The fourth-order valence-corrected chi connectivity index (χ4v) is 9.05. The Morgan fingerprint density at radius 2 is 1.28 bits per heavy atom. The molecule has 0 N–H and O–H groups in total. The van der Waals surface area contributed by atoms with Gasteiger partial charge in [-0.15, -0.1) is 29.7 Å². The molecule has 0 atom stereocenters. The van der Waals surface area contributed by atoms with Crippen molar-refractivity contribution in [1.29, 1.82) is 0 Å². The number of rotatable bonds is 5. The number of benzene rings is 7. The minimum atomic E-state index is -0.0460. The first-order chi connectivity index (χ1) is 29.3. The molecule has 0 saturated carbocycles. The molecule has 0 spiro atoms. The molecule has 0 fully saturated rings. The third-order valence-electron chi connectivity index (χ3n) is 11.8.